The van der Waals surface area contributed by atoms with Crippen molar-refractivity contribution in [1.29, 1.82) is 0 Å². The summed E-state index contributed by atoms with van der Waals surface area (Å²) in [6.07, 6.45) is 39.3. The summed E-state index contributed by atoms with van der Waals surface area (Å²) in [4.78, 5) is 35.0. The van der Waals surface area contributed by atoms with Crippen LogP contribution in [0.3, 0.4) is 0 Å². The second-order valence-corrected chi connectivity index (χ2v) is 15.7. The lowest BCUT2D eigenvalue weighted by Gasteiger charge is -2.20. The number of ether oxygens (including phenoxy) is 2. The topological polar surface area (TPSA) is 169 Å². The minimum absolute atomic E-state index is 0.00960. The van der Waals surface area contributed by atoms with Gasteiger partial charge in [0.2, 0.25) is 0 Å². The number of esters is 2. The molecule has 11 nitrogen and oxygen atoms in total. The van der Waals surface area contributed by atoms with Gasteiger partial charge in [0.15, 0.2) is 6.10 Å². The molecular weight excluding hydrogens is 735 g/mol. The Morgan fingerprint density at radius 1 is 0.607 bits per heavy atom. The van der Waals surface area contributed by atoms with Crippen LogP contribution in [-0.4, -0.2) is 76.9 Å². The molecule has 0 heterocycles. The lowest BCUT2D eigenvalue weighted by molar-refractivity contribution is -0.161. The standard InChI is InChI=1S/C44H77O11P/c1-3-5-7-9-11-13-15-17-18-20-22-24-26-28-30-34-44(49)55-42(39-54-56(50,51)53-37-41(47)36-45)38-52-43(48)35-31-33-40(46)32-29-27-25-23-21-19-16-14-12-10-8-6-4-2/h12,14,17-19,21,25,27,29,32,40-42,45-47H,3-11,13,15-16,20,22-24,26,28,30-31,33-39H2,1-2H3,(H,50,51)/b14-12-,18-17-,21-19-,27-25-,32-29+/t40-,41+,42-/m1/s1. The van der Waals surface area contributed by atoms with Crippen LogP contribution in [-0.2, 0) is 32.7 Å². The Kier molecular flexibility index (Phi) is 37.8. The van der Waals surface area contributed by atoms with Gasteiger partial charge in [0, 0.05) is 12.8 Å². The molecule has 0 radical (unpaired) electrons. The summed E-state index contributed by atoms with van der Waals surface area (Å²) in [5.74, 6) is -1.14. The summed E-state index contributed by atoms with van der Waals surface area (Å²) in [7, 11) is -4.67. The number of carbonyl (C=O) groups is 2. The van der Waals surface area contributed by atoms with E-state index in [4.69, 9.17) is 19.1 Å². The third-order valence-electron chi connectivity index (χ3n) is 8.75. The van der Waals surface area contributed by atoms with E-state index in [9.17, 15) is 29.3 Å². The summed E-state index contributed by atoms with van der Waals surface area (Å²) in [5, 5.41) is 28.6. The average molecular weight is 813 g/mol. The van der Waals surface area contributed by atoms with E-state index < -0.39 is 64.5 Å². The molecule has 1 unspecified atom stereocenters. The van der Waals surface area contributed by atoms with Crippen LogP contribution in [0, 0.1) is 0 Å². The molecule has 0 aromatic carbocycles. The van der Waals surface area contributed by atoms with Crippen molar-refractivity contribution in [2.75, 3.05) is 26.4 Å². The molecular formula is C44H77O11P. The van der Waals surface area contributed by atoms with Gasteiger partial charge in [-0.1, -0.05) is 139 Å². The first-order valence-corrected chi connectivity index (χ1v) is 22.8. The molecule has 0 aliphatic carbocycles. The highest BCUT2D eigenvalue weighted by Gasteiger charge is 2.27. The Bertz CT molecular complexity index is 1130. The van der Waals surface area contributed by atoms with Gasteiger partial charge in [-0.3, -0.25) is 18.6 Å². The van der Waals surface area contributed by atoms with Gasteiger partial charge in [-0.05, 0) is 70.6 Å². The van der Waals surface area contributed by atoms with E-state index in [1.54, 1.807) is 12.2 Å². The maximum Gasteiger partial charge on any atom is 0.472 e. The Morgan fingerprint density at radius 2 is 1.12 bits per heavy atom. The minimum Gasteiger partial charge on any atom is -0.462 e. The molecule has 0 aromatic heterocycles. The third kappa shape index (κ3) is 38.5. The molecule has 4 N–H and O–H groups in total. The molecule has 0 amide bonds. The van der Waals surface area contributed by atoms with Crippen molar-refractivity contribution in [3.8, 4) is 0 Å². The Balaban J connectivity index is 4.53. The number of phosphoric ester groups is 1. The zero-order valence-corrected chi connectivity index (χ0v) is 35.6. The maximum atomic E-state index is 12.6. The first-order valence-electron chi connectivity index (χ1n) is 21.4. The van der Waals surface area contributed by atoms with E-state index >= 15 is 0 Å². The maximum absolute atomic E-state index is 12.6. The number of hydrogen-bond donors (Lipinski definition) is 4. The van der Waals surface area contributed by atoms with Crippen molar-refractivity contribution < 1.29 is 52.9 Å². The summed E-state index contributed by atoms with van der Waals surface area (Å²) in [5.41, 5.74) is 0. The molecule has 0 spiro atoms. The van der Waals surface area contributed by atoms with Gasteiger partial charge in [-0.2, -0.15) is 0 Å². The molecule has 324 valence electrons. The number of phosphoric acid groups is 1. The summed E-state index contributed by atoms with van der Waals surface area (Å²) < 4.78 is 32.5. The highest BCUT2D eigenvalue weighted by atomic mass is 31.2. The first kappa shape index (κ1) is 53.6. The van der Waals surface area contributed by atoms with Crippen LogP contribution in [0.2, 0.25) is 0 Å². The van der Waals surface area contributed by atoms with E-state index in [0.717, 1.165) is 57.8 Å². The Morgan fingerprint density at radius 3 is 1.79 bits per heavy atom. The third-order valence-corrected chi connectivity index (χ3v) is 9.70. The van der Waals surface area contributed by atoms with Gasteiger partial charge in [0.1, 0.15) is 12.7 Å². The fourth-order valence-electron chi connectivity index (χ4n) is 5.38. The molecule has 12 heteroatoms. The highest BCUT2D eigenvalue weighted by molar-refractivity contribution is 7.47. The summed E-state index contributed by atoms with van der Waals surface area (Å²) in [6, 6.07) is 0. The van der Waals surface area contributed by atoms with Crippen molar-refractivity contribution in [3.05, 3.63) is 60.8 Å². The molecule has 0 aliphatic heterocycles. The van der Waals surface area contributed by atoms with Crippen LogP contribution in [0.4, 0.5) is 0 Å². The number of carbonyl (C=O) groups excluding carboxylic acids is 2. The van der Waals surface area contributed by atoms with E-state index in [0.29, 0.717) is 19.3 Å². The molecule has 0 aromatic rings. The van der Waals surface area contributed by atoms with Crippen LogP contribution < -0.4 is 0 Å². The Labute approximate surface area is 338 Å². The van der Waals surface area contributed by atoms with Crippen molar-refractivity contribution in [1.82, 2.24) is 0 Å². The predicted molar refractivity (Wildman–Crippen MR) is 225 cm³/mol. The highest BCUT2D eigenvalue weighted by Crippen LogP contribution is 2.43. The lowest BCUT2D eigenvalue weighted by atomic mass is 10.1. The first-order chi connectivity index (χ1) is 27.1. The van der Waals surface area contributed by atoms with E-state index in [2.05, 4.69) is 54.8 Å². The second kappa shape index (κ2) is 39.5. The number of unbranched alkanes of at least 4 members (excludes halogenated alkanes) is 14. The smallest absolute Gasteiger partial charge is 0.462 e. The Hall–Kier alpha value is -2.37. The molecule has 56 heavy (non-hydrogen) atoms. The summed E-state index contributed by atoms with van der Waals surface area (Å²) in [6.45, 7) is 2.10. The minimum atomic E-state index is -4.67. The SMILES string of the molecule is CCCCC/C=C\C/C=C\C/C=C\C=C\[C@@H](O)CCCC(=O)OC[C@H](COP(=O)(O)OC[C@@H](O)CO)OC(=O)CCCCCCC/C=C\CCCCCCCC. The number of allylic oxidation sites excluding steroid dienone is 9. The van der Waals surface area contributed by atoms with Crippen molar-refractivity contribution in [2.45, 2.75) is 180 Å². The van der Waals surface area contributed by atoms with Crippen LogP contribution in [0.15, 0.2) is 60.8 Å². The van der Waals surface area contributed by atoms with Gasteiger partial charge in [-0.25, -0.2) is 4.57 Å². The van der Waals surface area contributed by atoms with Crippen molar-refractivity contribution in [3.63, 3.8) is 0 Å². The largest absolute Gasteiger partial charge is 0.472 e. The van der Waals surface area contributed by atoms with Gasteiger partial charge in [0.05, 0.1) is 25.9 Å². The van der Waals surface area contributed by atoms with Gasteiger partial charge in [0.25, 0.3) is 0 Å². The molecule has 0 bridgehead atoms. The van der Waals surface area contributed by atoms with Crippen LogP contribution in [0.25, 0.3) is 0 Å². The van der Waals surface area contributed by atoms with Crippen molar-refractivity contribution >= 4 is 19.8 Å². The van der Waals surface area contributed by atoms with Gasteiger partial charge < -0.3 is 29.7 Å². The van der Waals surface area contributed by atoms with Crippen LogP contribution in [0.5, 0.6) is 0 Å². The molecule has 0 fully saturated rings. The van der Waals surface area contributed by atoms with E-state index in [1.807, 2.05) is 12.2 Å². The fraction of sp³-hybridized carbons (Fsp3) is 0.727. The van der Waals surface area contributed by atoms with Crippen LogP contribution in [0.1, 0.15) is 162 Å². The number of hydrogen-bond acceptors (Lipinski definition) is 10. The molecule has 0 saturated carbocycles. The zero-order valence-electron chi connectivity index (χ0n) is 34.7. The van der Waals surface area contributed by atoms with Gasteiger partial charge >= 0.3 is 19.8 Å². The number of rotatable bonds is 39. The summed E-state index contributed by atoms with van der Waals surface area (Å²) >= 11 is 0. The second-order valence-electron chi connectivity index (χ2n) is 14.2. The molecule has 0 saturated heterocycles. The van der Waals surface area contributed by atoms with E-state index in [1.165, 1.54) is 57.8 Å². The van der Waals surface area contributed by atoms with Crippen LogP contribution >= 0.6 is 7.82 Å². The molecule has 4 atom stereocenters. The number of aliphatic hydroxyl groups excluding tert-OH is 3. The van der Waals surface area contributed by atoms with E-state index in [-0.39, 0.29) is 12.8 Å². The normalized spacial score (nSPS) is 15.0. The monoisotopic (exact) mass is 813 g/mol. The van der Waals surface area contributed by atoms with Crippen molar-refractivity contribution in [2.24, 2.45) is 0 Å². The van der Waals surface area contributed by atoms with Gasteiger partial charge in [-0.15, -0.1) is 0 Å². The molecule has 0 aliphatic rings. The predicted octanol–water partition coefficient (Wildman–Crippen LogP) is 10.1. The zero-order chi connectivity index (χ0) is 41.4. The fourth-order valence-corrected chi connectivity index (χ4v) is 6.17. The molecule has 0 rings (SSSR count). The lowest BCUT2D eigenvalue weighted by Crippen LogP contribution is -2.30. The number of aliphatic hydroxyl groups is 3. The quantitative estimate of drug-likeness (QED) is 0.0153. The average Bonchev–Trinajstić information content (AvgIpc) is 3.18.